The first-order valence-electron chi connectivity index (χ1n) is 8.47. The third-order valence-corrected chi connectivity index (χ3v) is 5.35. The minimum atomic E-state index is -0.382. The first kappa shape index (κ1) is 15.9. The second-order valence-electron chi connectivity index (χ2n) is 6.77. The van der Waals surface area contributed by atoms with Gasteiger partial charge in [0, 0.05) is 31.8 Å². The summed E-state index contributed by atoms with van der Waals surface area (Å²) in [7, 11) is 0. The van der Waals surface area contributed by atoms with Gasteiger partial charge < -0.3 is 4.90 Å². The molecule has 2 aliphatic rings. The van der Waals surface area contributed by atoms with Crippen LogP contribution < -0.4 is 0 Å². The molecule has 2 fully saturated rings. The number of ketones is 2. The summed E-state index contributed by atoms with van der Waals surface area (Å²) in [6.45, 7) is 3.57. The molecule has 0 spiro atoms. The van der Waals surface area contributed by atoms with Gasteiger partial charge in [0.1, 0.15) is 0 Å². The maximum absolute atomic E-state index is 12.9. The zero-order chi connectivity index (χ0) is 16.4. The van der Waals surface area contributed by atoms with Crippen LogP contribution in [0.4, 0.5) is 0 Å². The predicted molar refractivity (Wildman–Crippen MR) is 86.9 cm³/mol. The lowest BCUT2D eigenvalue weighted by Crippen LogP contribution is -2.38. The van der Waals surface area contributed by atoms with E-state index in [9.17, 15) is 14.4 Å². The van der Waals surface area contributed by atoms with E-state index in [4.69, 9.17) is 0 Å². The van der Waals surface area contributed by atoms with Crippen molar-refractivity contribution in [2.75, 3.05) is 13.1 Å². The molecule has 1 amide bonds. The van der Waals surface area contributed by atoms with Crippen molar-refractivity contribution in [1.82, 2.24) is 4.90 Å². The number of carbonyl (C=O) groups is 3. The summed E-state index contributed by atoms with van der Waals surface area (Å²) in [5.41, 5.74) is 1.04. The van der Waals surface area contributed by atoms with E-state index in [1.54, 1.807) is 0 Å². The van der Waals surface area contributed by atoms with Gasteiger partial charge in [0.25, 0.3) is 0 Å². The molecule has 0 bridgehead atoms. The standard InChI is InChI=1S/C19H23NO3/c1-13-15(14-7-3-2-4-8-14)11-17(21)18(22)12-16(13)19(23)20-9-5-6-10-20/h2-4,7-8,13,15-16H,5-6,9-12H2,1H3/t13-,15-,16+/m1/s1. The number of rotatable bonds is 2. The Balaban J connectivity index is 1.90. The number of Topliss-reactive ketones (excluding diaryl/α,β-unsaturated/α-hetero) is 2. The van der Waals surface area contributed by atoms with Crippen LogP contribution in [0.3, 0.4) is 0 Å². The first-order chi connectivity index (χ1) is 11.1. The van der Waals surface area contributed by atoms with Crippen LogP contribution in [0.15, 0.2) is 30.3 Å². The second-order valence-corrected chi connectivity index (χ2v) is 6.77. The van der Waals surface area contributed by atoms with E-state index in [0.717, 1.165) is 31.5 Å². The normalized spacial score (nSPS) is 28.7. The number of likely N-dealkylation sites (tertiary alicyclic amines) is 1. The summed E-state index contributed by atoms with van der Waals surface area (Å²) < 4.78 is 0. The van der Waals surface area contributed by atoms with Crippen molar-refractivity contribution in [2.45, 2.75) is 38.5 Å². The smallest absolute Gasteiger partial charge is 0.226 e. The van der Waals surface area contributed by atoms with Crippen molar-refractivity contribution in [1.29, 1.82) is 0 Å². The Morgan fingerprint density at radius 2 is 1.61 bits per heavy atom. The van der Waals surface area contributed by atoms with Crippen LogP contribution in [0.5, 0.6) is 0 Å². The first-order valence-corrected chi connectivity index (χ1v) is 8.47. The van der Waals surface area contributed by atoms with E-state index < -0.39 is 0 Å². The van der Waals surface area contributed by atoms with E-state index in [0.29, 0.717) is 0 Å². The molecule has 1 aliphatic carbocycles. The Bertz CT molecular complexity index is 604. The molecule has 1 aliphatic heterocycles. The molecule has 3 atom stereocenters. The zero-order valence-corrected chi connectivity index (χ0v) is 13.5. The summed E-state index contributed by atoms with van der Waals surface area (Å²) >= 11 is 0. The fourth-order valence-electron chi connectivity index (χ4n) is 3.89. The molecule has 1 heterocycles. The lowest BCUT2D eigenvalue weighted by atomic mass is 9.77. The quantitative estimate of drug-likeness (QED) is 0.623. The summed E-state index contributed by atoms with van der Waals surface area (Å²) in [5.74, 6) is -1.11. The topological polar surface area (TPSA) is 54.5 Å². The molecule has 23 heavy (non-hydrogen) atoms. The zero-order valence-electron chi connectivity index (χ0n) is 13.5. The summed E-state index contributed by atoms with van der Waals surface area (Å²) in [6.07, 6.45) is 2.34. The van der Waals surface area contributed by atoms with Crippen LogP contribution in [0.25, 0.3) is 0 Å². The molecule has 4 heteroatoms. The van der Waals surface area contributed by atoms with Gasteiger partial charge in [0.05, 0.1) is 0 Å². The van der Waals surface area contributed by atoms with Gasteiger partial charge in [-0.15, -0.1) is 0 Å². The van der Waals surface area contributed by atoms with E-state index in [1.165, 1.54) is 0 Å². The number of carbonyl (C=O) groups excluding carboxylic acids is 3. The highest BCUT2D eigenvalue weighted by Gasteiger charge is 2.41. The Hall–Kier alpha value is -1.97. The maximum Gasteiger partial charge on any atom is 0.226 e. The largest absolute Gasteiger partial charge is 0.342 e. The minimum absolute atomic E-state index is 0.0131. The van der Waals surface area contributed by atoms with E-state index >= 15 is 0 Å². The number of benzene rings is 1. The number of amides is 1. The fraction of sp³-hybridized carbons (Fsp3) is 0.526. The highest BCUT2D eigenvalue weighted by molar-refractivity contribution is 6.37. The van der Waals surface area contributed by atoms with Gasteiger partial charge in [0.2, 0.25) is 5.91 Å². The number of hydrogen-bond acceptors (Lipinski definition) is 3. The number of hydrogen-bond donors (Lipinski definition) is 0. The molecule has 1 aromatic carbocycles. The van der Waals surface area contributed by atoms with Crippen LogP contribution >= 0.6 is 0 Å². The summed E-state index contributed by atoms with van der Waals surface area (Å²) in [4.78, 5) is 39.0. The summed E-state index contributed by atoms with van der Waals surface area (Å²) in [6, 6.07) is 9.79. The van der Waals surface area contributed by atoms with Gasteiger partial charge in [-0.3, -0.25) is 14.4 Å². The van der Waals surface area contributed by atoms with Crippen molar-refractivity contribution < 1.29 is 14.4 Å². The molecular formula is C19H23NO3. The van der Waals surface area contributed by atoms with Gasteiger partial charge in [-0.05, 0) is 30.2 Å². The van der Waals surface area contributed by atoms with Crippen molar-refractivity contribution in [2.24, 2.45) is 11.8 Å². The second kappa shape index (κ2) is 6.65. The molecule has 0 radical (unpaired) electrons. The van der Waals surface area contributed by atoms with E-state index in [-0.39, 0.29) is 48.1 Å². The average Bonchev–Trinajstić information content (AvgIpc) is 3.07. The third kappa shape index (κ3) is 3.21. The van der Waals surface area contributed by atoms with Crippen LogP contribution in [-0.4, -0.2) is 35.5 Å². The minimum Gasteiger partial charge on any atom is -0.342 e. The van der Waals surface area contributed by atoms with Gasteiger partial charge in [-0.1, -0.05) is 37.3 Å². The number of nitrogens with zero attached hydrogens (tertiary/aromatic N) is 1. The van der Waals surface area contributed by atoms with Crippen LogP contribution in [0, 0.1) is 11.8 Å². The molecule has 4 nitrogen and oxygen atoms in total. The Labute approximate surface area is 136 Å². The molecule has 0 N–H and O–H groups in total. The van der Waals surface area contributed by atoms with Gasteiger partial charge >= 0.3 is 0 Å². The van der Waals surface area contributed by atoms with Crippen molar-refractivity contribution in [3.05, 3.63) is 35.9 Å². The lowest BCUT2D eigenvalue weighted by Gasteiger charge is -2.30. The maximum atomic E-state index is 12.9. The fourth-order valence-corrected chi connectivity index (χ4v) is 3.89. The van der Waals surface area contributed by atoms with Crippen molar-refractivity contribution in [3.8, 4) is 0 Å². The Kier molecular flexibility index (Phi) is 4.60. The molecule has 1 saturated heterocycles. The highest BCUT2D eigenvalue weighted by atomic mass is 16.2. The monoisotopic (exact) mass is 313 g/mol. The molecule has 3 rings (SSSR count). The SMILES string of the molecule is C[C@H]1[C@@H](C(=O)N2CCCC2)CC(=O)C(=O)C[C@H]1c1ccccc1. The van der Waals surface area contributed by atoms with E-state index in [2.05, 4.69) is 0 Å². The molecule has 0 unspecified atom stereocenters. The Morgan fingerprint density at radius 1 is 1.00 bits per heavy atom. The molecule has 122 valence electrons. The van der Waals surface area contributed by atoms with E-state index in [1.807, 2.05) is 42.2 Å². The summed E-state index contributed by atoms with van der Waals surface area (Å²) in [5, 5.41) is 0. The molecule has 1 aromatic rings. The van der Waals surface area contributed by atoms with Crippen molar-refractivity contribution >= 4 is 17.5 Å². The van der Waals surface area contributed by atoms with Crippen LogP contribution in [0.1, 0.15) is 44.1 Å². The van der Waals surface area contributed by atoms with Crippen LogP contribution in [0.2, 0.25) is 0 Å². The highest BCUT2D eigenvalue weighted by Crippen LogP contribution is 2.38. The molecule has 1 saturated carbocycles. The van der Waals surface area contributed by atoms with Crippen LogP contribution in [-0.2, 0) is 14.4 Å². The third-order valence-electron chi connectivity index (χ3n) is 5.35. The van der Waals surface area contributed by atoms with Crippen molar-refractivity contribution in [3.63, 3.8) is 0 Å². The predicted octanol–water partition coefficient (Wildman–Crippen LogP) is 2.58. The van der Waals surface area contributed by atoms with Gasteiger partial charge in [-0.2, -0.15) is 0 Å². The lowest BCUT2D eigenvalue weighted by molar-refractivity contribution is -0.140. The van der Waals surface area contributed by atoms with Gasteiger partial charge in [-0.25, -0.2) is 0 Å². The Morgan fingerprint density at radius 3 is 2.26 bits per heavy atom. The average molecular weight is 313 g/mol. The molecular weight excluding hydrogens is 290 g/mol. The molecule has 0 aromatic heterocycles. The van der Waals surface area contributed by atoms with Gasteiger partial charge in [0.15, 0.2) is 11.6 Å².